The van der Waals surface area contributed by atoms with Gasteiger partial charge in [-0.15, -0.1) is 0 Å². The Bertz CT molecular complexity index is 1640. The van der Waals surface area contributed by atoms with Crippen molar-refractivity contribution in [3.05, 3.63) is 89.5 Å². The highest BCUT2D eigenvalue weighted by molar-refractivity contribution is 6.01. The third-order valence-electron chi connectivity index (χ3n) is 7.43. The van der Waals surface area contributed by atoms with Crippen LogP contribution in [0.1, 0.15) is 33.6 Å². The number of ether oxygens (including phenoxy) is 2. The molecule has 12 heteroatoms. The topological polar surface area (TPSA) is 163 Å². The van der Waals surface area contributed by atoms with Crippen molar-refractivity contribution in [1.82, 2.24) is 20.9 Å². The number of cyclic esters (lactones) is 1. The molecular weight excluding hydrogens is 568 g/mol. The van der Waals surface area contributed by atoms with E-state index in [-0.39, 0.29) is 31.8 Å². The summed E-state index contributed by atoms with van der Waals surface area (Å²) in [5.74, 6) is -2.06. The summed E-state index contributed by atoms with van der Waals surface area (Å²) in [5, 5.41) is 19.9. The van der Waals surface area contributed by atoms with Crippen molar-refractivity contribution in [1.29, 1.82) is 0 Å². The van der Waals surface area contributed by atoms with Crippen LogP contribution in [-0.2, 0) is 19.1 Å². The van der Waals surface area contributed by atoms with Crippen LogP contribution in [0.5, 0.6) is 5.75 Å². The van der Waals surface area contributed by atoms with Gasteiger partial charge in [-0.2, -0.15) is 0 Å². The van der Waals surface area contributed by atoms with Gasteiger partial charge in [0.25, 0.3) is 11.8 Å². The predicted octanol–water partition coefficient (Wildman–Crippen LogP) is 1.29. The molecule has 0 bridgehead atoms. The van der Waals surface area contributed by atoms with Gasteiger partial charge in [-0.1, -0.05) is 42.5 Å². The van der Waals surface area contributed by atoms with E-state index in [0.29, 0.717) is 22.4 Å². The molecule has 0 aliphatic carbocycles. The fourth-order valence-corrected chi connectivity index (χ4v) is 5.10. The highest BCUT2D eigenvalue weighted by Gasteiger charge is 2.36. The average Bonchev–Trinajstić information content (AvgIpc) is 3.27. The van der Waals surface area contributed by atoms with Crippen LogP contribution in [-0.4, -0.2) is 84.7 Å². The molecule has 1 fully saturated rings. The van der Waals surface area contributed by atoms with Crippen molar-refractivity contribution < 1.29 is 38.6 Å². The van der Waals surface area contributed by atoms with Crippen molar-refractivity contribution in [3.8, 4) is 5.75 Å². The van der Waals surface area contributed by atoms with Crippen LogP contribution in [0.3, 0.4) is 0 Å². The van der Waals surface area contributed by atoms with E-state index in [4.69, 9.17) is 4.74 Å². The monoisotopic (exact) mass is 600 g/mol. The lowest BCUT2D eigenvalue weighted by Crippen LogP contribution is -2.52. The molecule has 0 saturated carbocycles. The Morgan fingerprint density at radius 2 is 1.73 bits per heavy atom. The summed E-state index contributed by atoms with van der Waals surface area (Å²) in [6, 6.07) is 17.5. The lowest BCUT2D eigenvalue weighted by molar-refractivity contribution is -0.155. The molecule has 1 saturated heterocycles. The Labute approximate surface area is 253 Å². The molecule has 2 aliphatic heterocycles. The Kier molecular flexibility index (Phi) is 9.20. The quantitative estimate of drug-likeness (QED) is 0.211. The van der Waals surface area contributed by atoms with Crippen molar-refractivity contribution in [2.45, 2.75) is 31.2 Å². The van der Waals surface area contributed by atoms with Gasteiger partial charge in [-0.25, -0.2) is 0 Å². The molecule has 12 nitrogen and oxygen atoms in total. The van der Waals surface area contributed by atoms with E-state index in [1.54, 1.807) is 42.5 Å². The molecule has 0 radical (unpaired) electrons. The minimum Gasteiger partial charge on any atom is -0.497 e. The number of carbonyl (C=O) groups is 5. The first-order valence-electron chi connectivity index (χ1n) is 14.1. The van der Waals surface area contributed by atoms with Gasteiger partial charge >= 0.3 is 5.97 Å². The standard InChI is InChI=1S/C32H32N4O8/c1-43-24-8-4-7-22(14-24)29(39)33-16-19-9-12-25(35-30(40)23-11-10-20-5-2-3-6-21(20)13-23)31(41)36(17-19)18-27(37)34-26-15-28(38)44-32(26)42/h2-11,13-14,25-26,32,42H,12,15-18H2,1H3,(H,33,39)(H,34,37)(H,35,40). The molecule has 5 rings (SSSR count). The number of carbonyl (C=O) groups excluding carboxylic acids is 5. The second kappa shape index (κ2) is 13.4. The third kappa shape index (κ3) is 7.21. The van der Waals surface area contributed by atoms with Crippen molar-refractivity contribution >= 4 is 40.4 Å². The summed E-state index contributed by atoms with van der Waals surface area (Å²) < 4.78 is 9.86. The predicted molar refractivity (Wildman–Crippen MR) is 158 cm³/mol. The summed E-state index contributed by atoms with van der Waals surface area (Å²) in [6.07, 6.45) is 0.208. The molecule has 2 aliphatic rings. The summed E-state index contributed by atoms with van der Waals surface area (Å²) in [6.45, 7) is -0.341. The lowest BCUT2D eigenvalue weighted by atomic mass is 10.1. The molecule has 4 N–H and O–H groups in total. The van der Waals surface area contributed by atoms with E-state index in [0.717, 1.165) is 10.8 Å². The molecule has 4 amide bonds. The van der Waals surface area contributed by atoms with E-state index in [1.807, 2.05) is 30.3 Å². The largest absolute Gasteiger partial charge is 0.497 e. The third-order valence-corrected chi connectivity index (χ3v) is 7.43. The number of hydrogen-bond acceptors (Lipinski definition) is 8. The SMILES string of the molecule is COc1cccc(C(=O)NCC2=CCC(NC(=O)c3ccc4ccccc4c3)C(=O)N(CC(=O)NC3CC(=O)OC3O)C2)c1. The molecule has 3 unspecified atom stereocenters. The highest BCUT2D eigenvalue weighted by Crippen LogP contribution is 2.18. The number of rotatable bonds is 9. The van der Waals surface area contributed by atoms with Crippen LogP contribution in [0, 0.1) is 0 Å². The minimum absolute atomic E-state index is 0.00433. The molecular formula is C32H32N4O8. The van der Waals surface area contributed by atoms with Gasteiger partial charge in [0.2, 0.25) is 18.1 Å². The normalized spacial score (nSPS) is 19.9. The first-order chi connectivity index (χ1) is 21.2. The molecule has 3 atom stereocenters. The molecule has 3 aromatic carbocycles. The van der Waals surface area contributed by atoms with E-state index in [9.17, 15) is 29.1 Å². The van der Waals surface area contributed by atoms with Gasteiger partial charge < -0.3 is 35.4 Å². The van der Waals surface area contributed by atoms with Gasteiger partial charge in [0.05, 0.1) is 20.1 Å². The highest BCUT2D eigenvalue weighted by atomic mass is 16.6. The number of hydrogen-bond donors (Lipinski definition) is 4. The second-order valence-corrected chi connectivity index (χ2v) is 10.6. The Morgan fingerprint density at radius 1 is 0.955 bits per heavy atom. The maximum Gasteiger partial charge on any atom is 0.310 e. The summed E-state index contributed by atoms with van der Waals surface area (Å²) in [4.78, 5) is 65.4. The van der Waals surface area contributed by atoms with Gasteiger partial charge in [-0.05, 0) is 53.1 Å². The Morgan fingerprint density at radius 3 is 2.48 bits per heavy atom. The van der Waals surface area contributed by atoms with E-state index < -0.39 is 48.6 Å². The number of nitrogens with one attached hydrogen (secondary N) is 3. The fraction of sp³-hybridized carbons (Fsp3) is 0.281. The lowest BCUT2D eigenvalue weighted by Gasteiger charge is -2.26. The number of benzene rings is 3. The second-order valence-electron chi connectivity index (χ2n) is 10.6. The van der Waals surface area contributed by atoms with Crippen molar-refractivity contribution in [3.63, 3.8) is 0 Å². The number of amides is 4. The number of esters is 1. The first-order valence-corrected chi connectivity index (χ1v) is 14.1. The van der Waals surface area contributed by atoms with Crippen LogP contribution >= 0.6 is 0 Å². The molecule has 3 aromatic rings. The number of nitrogens with zero attached hydrogens (tertiary/aromatic N) is 1. The van der Waals surface area contributed by atoms with Crippen LogP contribution in [0.25, 0.3) is 10.8 Å². The van der Waals surface area contributed by atoms with Crippen molar-refractivity contribution in [2.24, 2.45) is 0 Å². The number of fused-ring (bicyclic) bond motifs is 1. The van der Waals surface area contributed by atoms with Crippen LogP contribution in [0.2, 0.25) is 0 Å². The Balaban J connectivity index is 1.31. The maximum absolute atomic E-state index is 13.7. The van der Waals surface area contributed by atoms with Crippen LogP contribution < -0.4 is 20.7 Å². The fourth-order valence-electron chi connectivity index (χ4n) is 5.10. The number of methoxy groups -OCH3 is 1. The van der Waals surface area contributed by atoms with Gasteiger partial charge in [0.15, 0.2) is 0 Å². The number of aliphatic hydroxyl groups excluding tert-OH is 1. The molecule has 0 aromatic heterocycles. The van der Waals surface area contributed by atoms with E-state index in [1.165, 1.54) is 12.0 Å². The minimum atomic E-state index is -1.48. The molecule has 0 spiro atoms. The average molecular weight is 601 g/mol. The summed E-state index contributed by atoms with van der Waals surface area (Å²) >= 11 is 0. The van der Waals surface area contributed by atoms with Crippen molar-refractivity contribution in [2.75, 3.05) is 26.7 Å². The zero-order valence-electron chi connectivity index (χ0n) is 23.9. The Hall–Kier alpha value is -5.23. The summed E-state index contributed by atoms with van der Waals surface area (Å²) in [5.41, 5.74) is 1.40. The van der Waals surface area contributed by atoms with Gasteiger partial charge in [-0.3, -0.25) is 24.0 Å². The molecule has 2 heterocycles. The molecule has 44 heavy (non-hydrogen) atoms. The zero-order valence-corrected chi connectivity index (χ0v) is 23.9. The number of aliphatic hydroxyl groups is 1. The zero-order chi connectivity index (χ0) is 31.2. The van der Waals surface area contributed by atoms with E-state index >= 15 is 0 Å². The maximum atomic E-state index is 13.7. The van der Waals surface area contributed by atoms with Crippen LogP contribution in [0.15, 0.2) is 78.4 Å². The van der Waals surface area contributed by atoms with Gasteiger partial charge in [0, 0.05) is 24.2 Å². The van der Waals surface area contributed by atoms with Gasteiger partial charge in [0.1, 0.15) is 17.8 Å². The molecule has 228 valence electrons. The van der Waals surface area contributed by atoms with E-state index in [2.05, 4.69) is 20.7 Å². The first kappa shape index (κ1) is 30.2. The van der Waals surface area contributed by atoms with Crippen LogP contribution in [0.4, 0.5) is 0 Å². The summed E-state index contributed by atoms with van der Waals surface area (Å²) in [7, 11) is 1.50. The smallest absolute Gasteiger partial charge is 0.310 e.